The summed E-state index contributed by atoms with van der Waals surface area (Å²) in [5.41, 5.74) is 5.55. The molecule has 0 aliphatic heterocycles. The molecule has 102 valence electrons. The Bertz CT molecular complexity index is 323. The third kappa shape index (κ3) is 5.64. The Balaban J connectivity index is 4.62. The molecule has 0 bridgehead atoms. The van der Waals surface area contributed by atoms with Gasteiger partial charge in [0.15, 0.2) is 6.04 Å². The number of carbonyl (C=O) groups excluding carboxylic acids is 2. The van der Waals surface area contributed by atoms with Crippen LogP contribution in [0, 0.1) is 17.2 Å². The second kappa shape index (κ2) is 8.48. The zero-order valence-corrected chi connectivity index (χ0v) is 11.2. The van der Waals surface area contributed by atoms with Crippen molar-refractivity contribution in [1.82, 2.24) is 4.90 Å². The first-order valence-electron chi connectivity index (χ1n) is 6.02. The second-order valence-electron chi connectivity index (χ2n) is 4.32. The van der Waals surface area contributed by atoms with E-state index >= 15 is 0 Å². The summed E-state index contributed by atoms with van der Waals surface area (Å²) < 4.78 is 4.71. The molecule has 0 saturated carbocycles. The van der Waals surface area contributed by atoms with E-state index in [1.54, 1.807) is 6.92 Å². The van der Waals surface area contributed by atoms with Crippen molar-refractivity contribution in [2.75, 3.05) is 19.7 Å². The van der Waals surface area contributed by atoms with Gasteiger partial charge in [-0.25, -0.2) is 4.79 Å². The summed E-state index contributed by atoms with van der Waals surface area (Å²) in [6.07, 6.45) is 0.216. The molecule has 6 heteroatoms. The van der Waals surface area contributed by atoms with Gasteiger partial charge in [0.2, 0.25) is 0 Å². The van der Waals surface area contributed by atoms with Gasteiger partial charge >= 0.3 is 5.97 Å². The van der Waals surface area contributed by atoms with Crippen molar-refractivity contribution in [1.29, 1.82) is 5.26 Å². The van der Waals surface area contributed by atoms with E-state index in [2.05, 4.69) is 0 Å². The number of ether oxygens (including phenoxy) is 1. The first-order chi connectivity index (χ1) is 8.43. The SMILES string of the molecule is CCOC(=O)C(N)C(=O)N(CCC#N)CC(C)C. The molecule has 1 atom stereocenters. The van der Waals surface area contributed by atoms with E-state index in [0.29, 0.717) is 6.54 Å². The lowest BCUT2D eigenvalue weighted by Gasteiger charge is -2.25. The summed E-state index contributed by atoms with van der Waals surface area (Å²) in [6.45, 7) is 6.47. The first-order valence-corrected chi connectivity index (χ1v) is 6.02. The molecule has 0 heterocycles. The lowest BCUT2D eigenvalue weighted by Crippen LogP contribution is -2.50. The molecule has 2 N–H and O–H groups in total. The van der Waals surface area contributed by atoms with Gasteiger partial charge in [0.1, 0.15) is 0 Å². The monoisotopic (exact) mass is 255 g/mol. The maximum Gasteiger partial charge on any atom is 0.332 e. The molecule has 0 aromatic heterocycles. The third-order valence-corrected chi connectivity index (χ3v) is 2.20. The van der Waals surface area contributed by atoms with Gasteiger partial charge in [-0.1, -0.05) is 13.8 Å². The van der Waals surface area contributed by atoms with Gasteiger partial charge in [-0.15, -0.1) is 0 Å². The van der Waals surface area contributed by atoms with E-state index in [1.807, 2.05) is 19.9 Å². The van der Waals surface area contributed by atoms with Crippen molar-refractivity contribution in [3.8, 4) is 6.07 Å². The maximum absolute atomic E-state index is 12.0. The minimum Gasteiger partial charge on any atom is -0.464 e. The number of hydrogen-bond donors (Lipinski definition) is 1. The Morgan fingerprint density at radius 3 is 2.50 bits per heavy atom. The van der Waals surface area contributed by atoms with Crippen LogP contribution in [-0.2, 0) is 14.3 Å². The maximum atomic E-state index is 12.0. The lowest BCUT2D eigenvalue weighted by atomic mass is 10.1. The fourth-order valence-corrected chi connectivity index (χ4v) is 1.45. The second-order valence-corrected chi connectivity index (χ2v) is 4.32. The van der Waals surface area contributed by atoms with Crippen molar-refractivity contribution in [3.63, 3.8) is 0 Å². The Hall–Kier alpha value is -1.61. The molecule has 0 spiro atoms. The van der Waals surface area contributed by atoms with Gasteiger partial charge in [0.05, 0.1) is 19.1 Å². The molecule has 0 rings (SSSR count). The standard InChI is InChI=1S/C12H21N3O3/c1-4-18-12(17)10(14)11(16)15(7-5-6-13)8-9(2)3/h9-10H,4-5,7-8,14H2,1-3H3. The number of nitriles is 1. The zero-order chi connectivity index (χ0) is 14.1. The predicted molar refractivity (Wildman–Crippen MR) is 66.3 cm³/mol. The van der Waals surface area contributed by atoms with Gasteiger partial charge in [-0.3, -0.25) is 4.79 Å². The van der Waals surface area contributed by atoms with E-state index in [9.17, 15) is 9.59 Å². The topological polar surface area (TPSA) is 96.4 Å². The Kier molecular flexibility index (Phi) is 7.72. The highest BCUT2D eigenvalue weighted by Crippen LogP contribution is 2.03. The van der Waals surface area contributed by atoms with Gasteiger partial charge in [0.25, 0.3) is 5.91 Å². The summed E-state index contributed by atoms with van der Waals surface area (Å²) in [7, 11) is 0. The van der Waals surface area contributed by atoms with E-state index < -0.39 is 17.9 Å². The molecule has 0 fully saturated rings. The Labute approximate surface area is 108 Å². The van der Waals surface area contributed by atoms with Crippen LogP contribution in [0.25, 0.3) is 0 Å². The molecule has 0 aromatic carbocycles. The minimum absolute atomic E-state index is 0.183. The normalized spacial score (nSPS) is 11.8. The smallest absolute Gasteiger partial charge is 0.332 e. The number of hydrogen-bond acceptors (Lipinski definition) is 5. The third-order valence-electron chi connectivity index (χ3n) is 2.20. The van der Waals surface area contributed by atoms with E-state index in [4.69, 9.17) is 15.7 Å². The average Bonchev–Trinajstić information content (AvgIpc) is 2.32. The van der Waals surface area contributed by atoms with Crippen molar-refractivity contribution in [3.05, 3.63) is 0 Å². The minimum atomic E-state index is -1.30. The lowest BCUT2D eigenvalue weighted by molar-refractivity contribution is -0.151. The summed E-state index contributed by atoms with van der Waals surface area (Å²) in [5, 5.41) is 8.55. The Morgan fingerprint density at radius 1 is 1.44 bits per heavy atom. The molecule has 0 saturated heterocycles. The number of nitrogens with two attached hydrogens (primary N) is 1. The number of carbonyl (C=O) groups is 2. The van der Waals surface area contributed by atoms with Crippen LogP contribution in [0.3, 0.4) is 0 Å². The van der Waals surface area contributed by atoms with Gasteiger partial charge in [0, 0.05) is 13.1 Å². The van der Waals surface area contributed by atoms with Crippen molar-refractivity contribution >= 4 is 11.9 Å². The van der Waals surface area contributed by atoms with Gasteiger partial charge < -0.3 is 15.4 Å². The summed E-state index contributed by atoms with van der Waals surface area (Å²) in [4.78, 5) is 24.8. The van der Waals surface area contributed by atoms with Crippen LogP contribution in [0.1, 0.15) is 27.2 Å². The molecule has 18 heavy (non-hydrogen) atoms. The van der Waals surface area contributed by atoms with Crippen molar-refractivity contribution < 1.29 is 14.3 Å². The molecule has 1 unspecified atom stereocenters. The van der Waals surface area contributed by atoms with Crippen LogP contribution in [-0.4, -0.2) is 42.5 Å². The van der Waals surface area contributed by atoms with Crippen molar-refractivity contribution in [2.45, 2.75) is 33.2 Å². The van der Waals surface area contributed by atoms with E-state index in [1.165, 1.54) is 4.90 Å². The fraction of sp³-hybridized carbons (Fsp3) is 0.750. The molecule has 0 aliphatic carbocycles. The number of esters is 1. The highest BCUT2D eigenvalue weighted by Gasteiger charge is 2.28. The number of rotatable bonds is 7. The van der Waals surface area contributed by atoms with E-state index in [0.717, 1.165) is 0 Å². The van der Waals surface area contributed by atoms with Crippen LogP contribution >= 0.6 is 0 Å². The molecular weight excluding hydrogens is 234 g/mol. The zero-order valence-electron chi connectivity index (χ0n) is 11.2. The highest BCUT2D eigenvalue weighted by atomic mass is 16.5. The summed E-state index contributed by atoms with van der Waals surface area (Å²) in [5.74, 6) is -0.979. The number of amides is 1. The quantitative estimate of drug-likeness (QED) is 0.520. The molecular formula is C12H21N3O3. The Morgan fingerprint density at radius 2 is 2.06 bits per heavy atom. The van der Waals surface area contributed by atoms with E-state index in [-0.39, 0.29) is 25.5 Å². The summed E-state index contributed by atoms with van der Waals surface area (Å²) in [6, 6.07) is 0.665. The molecule has 0 aliphatic rings. The van der Waals surface area contributed by atoms with Gasteiger partial charge in [-0.2, -0.15) is 5.26 Å². The fourth-order valence-electron chi connectivity index (χ4n) is 1.45. The molecule has 6 nitrogen and oxygen atoms in total. The number of nitrogens with zero attached hydrogens (tertiary/aromatic N) is 2. The molecule has 0 aromatic rings. The molecule has 0 radical (unpaired) electrons. The largest absolute Gasteiger partial charge is 0.464 e. The first kappa shape index (κ1) is 16.4. The van der Waals surface area contributed by atoms with Crippen molar-refractivity contribution in [2.24, 2.45) is 11.7 Å². The van der Waals surface area contributed by atoms with Crippen LogP contribution in [0.15, 0.2) is 0 Å². The van der Waals surface area contributed by atoms with Crippen LogP contribution < -0.4 is 5.73 Å². The summed E-state index contributed by atoms with van der Waals surface area (Å²) >= 11 is 0. The van der Waals surface area contributed by atoms with Crippen LogP contribution in [0.5, 0.6) is 0 Å². The average molecular weight is 255 g/mol. The predicted octanol–water partition coefficient (Wildman–Crippen LogP) is 0.275. The van der Waals surface area contributed by atoms with Crippen LogP contribution in [0.2, 0.25) is 0 Å². The highest BCUT2D eigenvalue weighted by molar-refractivity contribution is 6.01. The van der Waals surface area contributed by atoms with Crippen LogP contribution in [0.4, 0.5) is 0 Å². The molecule has 1 amide bonds. The van der Waals surface area contributed by atoms with Gasteiger partial charge in [-0.05, 0) is 12.8 Å².